The number of hydrogen-bond acceptors (Lipinski definition) is 5. The molecular formula is C13H18N4O2S. The second-order valence-corrected chi connectivity index (χ2v) is 5.81. The highest BCUT2D eigenvalue weighted by molar-refractivity contribution is 7.18. The van der Waals surface area contributed by atoms with Crippen LogP contribution >= 0.6 is 11.3 Å². The van der Waals surface area contributed by atoms with Gasteiger partial charge in [0.25, 0.3) is 5.56 Å². The van der Waals surface area contributed by atoms with Gasteiger partial charge in [0, 0.05) is 17.8 Å². The van der Waals surface area contributed by atoms with Gasteiger partial charge in [-0.3, -0.25) is 9.59 Å². The van der Waals surface area contributed by atoms with E-state index >= 15 is 0 Å². The first kappa shape index (κ1) is 14.7. The Morgan fingerprint density at radius 3 is 2.85 bits per heavy atom. The van der Waals surface area contributed by atoms with Crippen molar-refractivity contribution in [3.05, 3.63) is 26.6 Å². The van der Waals surface area contributed by atoms with Gasteiger partial charge in [-0.25, -0.2) is 4.98 Å². The smallest absolute Gasteiger partial charge is 0.259 e. The maximum atomic E-state index is 12.0. The van der Waals surface area contributed by atoms with Crippen molar-refractivity contribution in [1.29, 1.82) is 0 Å². The Hall–Kier alpha value is -1.73. The molecule has 0 fully saturated rings. The molecule has 0 aliphatic heterocycles. The van der Waals surface area contributed by atoms with Crippen molar-refractivity contribution in [3.8, 4) is 0 Å². The highest BCUT2D eigenvalue weighted by atomic mass is 32.1. The van der Waals surface area contributed by atoms with E-state index in [-0.39, 0.29) is 18.0 Å². The molecule has 0 atom stereocenters. The van der Waals surface area contributed by atoms with Crippen LogP contribution in [-0.4, -0.2) is 36.0 Å². The Bertz CT molecular complexity index is 689. The average molecular weight is 294 g/mol. The van der Waals surface area contributed by atoms with Crippen LogP contribution in [-0.2, 0) is 11.2 Å². The fourth-order valence-electron chi connectivity index (χ4n) is 1.96. The highest BCUT2D eigenvalue weighted by Crippen LogP contribution is 2.25. The summed E-state index contributed by atoms with van der Waals surface area (Å²) in [6.45, 7) is 4.66. The maximum absolute atomic E-state index is 12.0. The Kier molecular flexibility index (Phi) is 4.51. The number of aryl methyl sites for hydroxylation is 2. The second kappa shape index (κ2) is 6.15. The molecule has 6 nitrogen and oxygen atoms in total. The zero-order valence-corrected chi connectivity index (χ0v) is 12.6. The quantitative estimate of drug-likeness (QED) is 0.748. The lowest BCUT2D eigenvalue weighted by atomic mass is 10.2. The Morgan fingerprint density at radius 1 is 1.40 bits per heavy atom. The molecule has 3 N–H and O–H groups in total. The van der Waals surface area contributed by atoms with Gasteiger partial charge in [0.15, 0.2) is 0 Å². The summed E-state index contributed by atoms with van der Waals surface area (Å²) in [5.41, 5.74) is 0.890. The molecule has 20 heavy (non-hydrogen) atoms. The first-order valence-corrected chi connectivity index (χ1v) is 7.24. The Morgan fingerprint density at radius 2 is 2.15 bits per heavy atom. The fourth-order valence-corrected chi connectivity index (χ4v) is 3.01. The number of hydrogen-bond donors (Lipinski definition) is 3. The fraction of sp³-hybridized carbons (Fsp3) is 0.462. The van der Waals surface area contributed by atoms with Crippen LogP contribution in [0.15, 0.2) is 4.79 Å². The molecule has 2 heterocycles. The summed E-state index contributed by atoms with van der Waals surface area (Å²) in [6.07, 6.45) is 0.511. The molecule has 0 aliphatic rings. The lowest BCUT2D eigenvalue weighted by Gasteiger charge is -2.04. The first-order valence-electron chi connectivity index (χ1n) is 6.43. The van der Waals surface area contributed by atoms with E-state index < -0.39 is 0 Å². The van der Waals surface area contributed by atoms with Crippen LogP contribution in [0.25, 0.3) is 10.2 Å². The Balaban J connectivity index is 2.12. The maximum Gasteiger partial charge on any atom is 0.259 e. The van der Waals surface area contributed by atoms with Crippen LogP contribution < -0.4 is 16.2 Å². The van der Waals surface area contributed by atoms with Gasteiger partial charge in [0.1, 0.15) is 10.7 Å². The van der Waals surface area contributed by atoms with E-state index in [1.807, 2.05) is 13.8 Å². The van der Waals surface area contributed by atoms with Crippen LogP contribution in [0.4, 0.5) is 0 Å². The zero-order chi connectivity index (χ0) is 14.7. The van der Waals surface area contributed by atoms with Crippen molar-refractivity contribution in [1.82, 2.24) is 20.6 Å². The third kappa shape index (κ3) is 3.05. The minimum Gasteiger partial charge on any atom is -0.355 e. The van der Waals surface area contributed by atoms with Crippen LogP contribution in [0.5, 0.6) is 0 Å². The normalized spacial score (nSPS) is 10.9. The second-order valence-electron chi connectivity index (χ2n) is 4.61. The number of nitrogens with zero attached hydrogens (tertiary/aromatic N) is 1. The number of thiophene rings is 1. The minimum atomic E-state index is -0.103. The number of aromatic nitrogens is 2. The molecule has 0 unspecified atom stereocenters. The lowest BCUT2D eigenvalue weighted by molar-refractivity contribution is -0.120. The average Bonchev–Trinajstić information content (AvgIpc) is 2.65. The van der Waals surface area contributed by atoms with Gasteiger partial charge in [-0.2, -0.15) is 0 Å². The van der Waals surface area contributed by atoms with Crippen LogP contribution in [0.1, 0.15) is 16.3 Å². The summed E-state index contributed by atoms with van der Waals surface area (Å²) >= 11 is 1.53. The number of likely N-dealkylation sites (N-methyl/N-ethyl adjacent to an activating group) is 1. The van der Waals surface area contributed by atoms with E-state index in [0.29, 0.717) is 24.2 Å². The molecule has 0 aromatic carbocycles. The van der Waals surface area contributed by atoms with E-state index in [4.69, 9.17) is 0 Å². The number of H-pyrrole nitrogens is 1. The molecular weight excluding hydrogens is 276 g/mol. The molecule has 0 spiro atoms. The number of carbonyl (C=O) groups excluding carboxylic acids is 1. The molecule has 108 valence electrons. The predicted molar refractivity (Wildman–Crippen MR) is 80.4 cm³/mol. The predicted octanol–water partition coefficient (Wildman–Crippen LogP) is 0.480. The van der Waals surface area contributed by atoms with Gasteiger partial charge in [-0.05, 0) is 26.5 Å². The monoisotopic (exact) mass is 294 g/mol. The van der Waals surface area contributed by atoms with E-state index in [1.165, 1.54) is 11.3 Å². The third-order valence-corrected chi connectivity index (χ3v) is 4.21. The Labute approximate surface area is 120 Å². The summed E-state index contributed by atoms with van der Waals surface area (Å²) in [5.74, 6) is 0.534. The topological polar surface area (TPSA) is 86.9 Å². The van der Waals surface area contributed by atoms with Gasteiger partial charge >= 0.3 is 0 Å². The number of amides is 1. The van der Waals surface area contributed by atoms with E-state index in [1.54, 1.807) is 7.05 Å². The van der Waals surface area contributed by atoms with Crippen molar-refractivity contribution >= 4 is 27.5 Å². The first-order chi connectivity index (χ1) is 9.52. The number of aromatic amines is 1. The molecule has 0 saturated carbocycles. The standard InChI is InChI=1S/C13H18N4O2S/c1-7-8(2)20-13-11(7)12(19)16-9(17-13)4-5-15-10(18)6-14-3/h14H,4-6H2,1-3H3,(H,15,18)(H,16,17,19). The molecule has 2 aromatic rings. The third-order valence-electron chi connectivity index (χ3n) is 3.11. The molecule has 2 rings (SSSR count). The number of fused-ring (bicyclic) bond motifs is 1. The van der Waals surface area contributed by atoms with Crippen LogP contribution in [0, 0.1) is 13.8 Å². The molecule has 0 radical (unpaired) electrons. The molecule has 0 bridgehead atoms. The molecule has 2 aromatic heterocycles. The summed E-state index contributed by atoms with van der Waals surface area (Å²) in [4.78, 5) is 32.5. The summed E-state index contributed by atoms with van der Waals surface area (Å²) < 4.78 is 0. The van der Waals surface area contributed by atoms with Crippen molar-refractivity contribution < 1.29 is 4.79 Å². The van der Waals surface area contributed by atoms with E-state index in [9.17, 15) is 9.59 Å². The summed E-state index contributed by atoms with van der Waals surface area (Å²) in [6, 6.07) is 0. The van der Waals surface area contributed by atoms with Crippen molar-refractivity contribution in [3.63, 3.8) is 0 Å². The van der Waals surface area contributed by atoms with Gasteiger partial charge in [0.2, 0.25) is 5.91 Å². The van der Waals surface area contributed by atoms with Crippen LogP contribution in [0.3, 0.4) is 0 Å². The van der Waals surface area contributed by atoms with Crippen molar-refractivity contribution in [2.75, 3.05) is 20.1 Å². The number of carbonyl (C=O) groups is 1. The molecule has 0 saturated heterocycles. The number of nitrogens with one attached hydrogen (secondary N) is 3. The van der Waals surface area contributed by atoms with Gasteiger partial charge in [-0.15, -0.1) is 11.3 Å². The summed E-state index contributed by atoms with van der Waals surface area (Å²) in [7, 11) is 1.72. The van der Waals surface area contributed by atoms with Crippen LogP contribution in [0.2, 0.25) is 0 Å². The zero-order valence-electron chi connectivity index (χ0n) is 11.8. The van der Waals surface area contributed by atoms with Crippen molar-refractivity contribution in [2.45, 2.75) is 20.3 Å². The largest absolute Gasteiger partial charge is 0.355 e. The molecule has 0 aliphatic carbocycles. The molecule has 1 amide bonds. The van der Waals surface area contributed by atoms with Gasteiger partial charge in [-0.1, -0.05) is 0 Å². The van der Waals surface area contributed by atoms with Gasteiger partial charge < -0.3 is 15.6 Å². The lowest BCUT2D eigenvalue weighted by Crippen LogP contribution is -2.33. The molecule has 7 heteroatoms. The van der Waals surface area contributed by atoms with E-state index in [0.717, 1.165) is 15.3 Å². The van der Waals surface area contributed by atoms with Crippen molar-refractivity contribution in [2.24, 2.45) is 0 Å². The highest BCUT2D eigenvalue weighted by Gasteiger charge is 2.11. The van der Waals surface area contributed by atoms with E-state index in [2.05, 4.69) is 20.6 Å². The summed E-state index contributed by atoms with van der Waals surface area (Å²) in [5, 5.41) is 6.21. The minimum absolute atomic E-state index is 0.0706. The van der Waals surface area contributed by atoms with Gasteiger partial charge in [0.05, 0.1) is 11.9 Å². The number of rotatable bonds is 5. The SMILES string of the molecule is CNCC(=O)NCCc1nc2sc(C)c(C)c2c(=O)[nH]1.